The molecule has 2 aliphatic rings. The van der Waals surface area contributed by atoms with E-state index in [1.54, 1.807) is 11.0 Å². The predicted molar refractivity (Wildman–Crippen MR) is 85.4 cm³/mol. The Morgan fingerprint density at radius 2 is 2.08 bits per heavy atom. The quantitative estimate of drug-likeness (QED) is 0.882. The number of alkyl halides is 3. The van der Waals surface area contributed by atoms with E-state index >= 15 is 0 Å². The molecule has 24 heavy (non-hydrogen) atoms. The lowest BCUT2D eigenvalue weighted by molar-refractivity contribution is -0.137. The average Bonchev–Trinajstić information content (AvgIpc) is 3.22. The monoisotopic (exact) mass is 340 g/mol. The Bertz CT molecular complexity index is 592. The molecule has 3 rings (SSSR count). The van der Waals surface area contributed by atoms with Crippen LogP contribution in [0.4, 0.5) is 13.2 Å². The Morgan fingerprint density at radius 3 is 2.67 bits per heavy atom. The normalized spacial score (nSPS) is 22.4. The first kappa shape index (κ1) is 17.3. The summed E-state index contributed by atoms with van der Waals surface area (Å²) < 4.78 is 38.8. The lowest BCUT2D eigenvalue weighted by Crippen LogP contribution is -2.39. The van der Waals surface area contributed by atoms with Crippen LogP contribution in [0.25, 0.3) is 0 Å². The molecule has 1 aliphatic heterocycles. The smallest absolute Gasteiger partial charge is 0.333 e. The van der Waals surface area contributed by atoms with Gasteiger partial charge in [-0.3, -0.25) is 4.79 Å². The topological polar surface area (TPSA) is 32.3 Å². The summed E-state index contributed by atoms with van der Waals surface area (Å²) in [6.45, 7) is 2.76. The van der Waals surface area contributed by atoms with E-state index in [-0.39, 0.29) is 24.0 Å². The number of carbonyl (C=O) groups is 1. The van der Waals surface area contributed by atoms with E-state index in [1.807, 2.05) is 6.92 Å². The van der Waals surface area contributed by atoms with E-state index in [1.165, 1.54) is 12.1 Å². The minimum absolute atomic E-state index is 0.0433. The molecule has 1 aromatic rings. The lowest BCUT2D eigenvalue weighted by Gasteiger charge is -2.31. The molecule has 1 saturated heterocycles. The summed E-state index contributed by atoms with van der Waals surface area (Å²) in [6.07, 6.45) is 0.00470. The number of amides is 1. The standard InChI is InChI=1S/C18H23F3N2O/c1-12(13-4-2-5-14(10-13)18(19,20)21)23(16-7-8-16)17(24)11-15-6-3-9-22-15/h2,4-5,10,12,15-16,22H,3,6-9,11H2,1H3. The number of halogens is 3. The van der Waals surface area contributed by atoms with Crippen LogP contribution in [0.3, 0.4) is 0 Å². The molecule has 1 saturated carbocycles. The summed E-state index contributed by atoms with van der Waals surface area (Å²) in [5, 5.41) is 3.31. The third-order valence-electron chi connectivity index (χ3n) is 4.93. The molecule has 132 valence electrons. The second-order valence-corrected chi connectivity index (χ2v) is 6.83. The van der Waals surface area contributed by atoms with Crippen LogP contribution in [0, 0.1) is 0 Å². The summed E-state index contributed by atoms with van der Waals surface area (Å²) in [7, 11) is 0. The first-order valence-electron chi connectivity index (χ1n) is 8.58. The Labute approximate surface area is 140 Å². The number of benzene rings is 1. The van der Waals surface area contributed by atoms with Gasteiger partial charge in [0, 0.05) is 18.5 Å². The molecule has 2 atom stereocenters. The van der Waals surface area contributed by atoms with Gasteiger partial charge in [0.25, 0.3) is 0 Å². The van der Waals surface area contributed by atoms with Gasteiger partial charge in [-0.15, -0.1) is 0 Å². The molecule has 1 aliphatic carbocycles. The molecule has 1 heterocycles. The molecule has 2 unspecified atom stereocenters. The Kier molecular flexibility index (Phi) is 4.85. The van der Waals surface area contributed by atoms with Crippen molar-refractivity contribution >= 4 is 5.91 Å². The highest BCUT2D eigenvalue weighted by Crippen LogP contribution is 2.37. The van der Waals surface area contributed by atoms with Crippen LogP contribution < -0.4 is 5.32 Å². The van der Waals surface area contributed by atoms with Crippen molar-refractivity contribution in [2.75, 3.05) is 6.54 Å². The van der Waals surface area contributed by atoms with Crippen molar-refractivity contribution in [3.8, 4) is 0 Å². The molecule has 3 nitrogen and oxygen atoms in total. The van der Waals surface area contributed by atoms with E-state index in [0.29, 0.717) is 12.0 Å². The van der Waals surface area contributed by atoms with Gasteiger partial charge in [0.15, 0.2) is 0 Å². The van der Waals surface area contributed by atoms with E-state index in [4.69, 9.17) is 0 Å². The van der Waals surface area contributed by atoms with Crippen LogP contribution in [0.5, 0.6) is 0 Å². The molecule has 0 aromatic heterocycles. The van der Waals surface area contributed by atoms with Crippen molar-refractivity contribution in [1.82, 2.24) is 10.2 Å². The van der Waals surface area contributed by atoms with E-state index in [2.05, 4.69) is 5.32 Å². The van der Waals surface area contributed by atoms with Crippen molar-refractivity contribution in [2.24, 2.45) is 0 Å². The Hall–Kier alpha value is -1.56. The van der Waals surface area contributed by atoms with Crippen LogP contribution in [0.15, 0.2) is 24.3 Å². The number of carbonyl (C=O) groups excluding carboxylic acids is 1. The molecule has 0 radical (unpaired) electrons. The highest BCUT2D eigenvalue weighted by molar-refractivity contribution is 5.78. The van der Waals surface area contributed by atoms with Gasteiger partial charge in [0.05, 0.1) is 11.6 Å². The number of nitrogens with zero attached hydrogens (tertiary/aromatic N) is 1. The zero-order valence-corrected chi connectivity index (χ0v) is 13.8. The minimum atomic E-state index is -4.36. The average molecular weight is 340 g/mol. The van der Waals surface area contributed by atoms with Gasteiger partial charge in [0.1, 0.15) is 0 Å². The third kappa shape index (κ3) is 3.91. The second kappa shape index (κ2) is 6.75. The number of nitrogens with one attached hydrogen (secondary N) is 1. The highest BCUT2D eigenvalue weighted by atomic mass is 19.4. The van der Waals surface area contributed by atoms with Crippen LogP contribution >= 0.6 is 0 Å². The first-order valence-corrected chi connectivity index (χ1v) is 8.58. The van der Waals surface area contributed by atoms with Crippen molar-refractivity contribution in [3.63, 3.8) is 0 Å². The first-order chi connectivity index (χ1) is 11.4. The zero-order valence-electron chi connectivity index (χ0n) is 13.8. The summed E-state index contributed by atoms with van der Waals surface area (Å²) in [6, 6.07) is 5.37. The SMILES string of the molecule is CC(c1cccc(C(F)(F)F)c1)N(C(=O)CC1CCCN1)C1CC1. The van der Waals surface area contributed by atoms with Crippen LogP contribution in [-0.2, 0) is 11.0 Å². The molecule has 0 spiro atoms. The Morgan fingerprint density at radius 1 is 1.33 bits per heavy atom. The van der Waals surface area contributed by atoms with E-state index < -0.39 is 11.7 Å². The fourth-order valence-electron chi connectivity index (χ4n) is 3.47. The maximum Gasteiger partial charge on any atom is 0.416 e. The van der Waals surface area contributed by atoms with Crippen LogP contribution in [-0.4, -0.2) is 29.4 Å². The molecular weight excluding hydrogens is 317 g/mol. The summed E-state index contributed by atoms with van der Waals surface area (Å²) in [5.41, 5.74) is -0.114. The maximum atomic E-state index is 12.9. The van der Waals surface area contributed by atoms with Crippen molar-refractivity contribution in [2.45, 2.75) is 63.3 Å². The second-order valence-electron chi connectivity index (χ2n) is 6.83. The molecule has 2 fully saturated rings. The summed E-state index contributed by atoms with van der Waals surface area (Å²) >= 11 is 0. The van der Waals surface area contributed by atoms with Gasteiger partial charge in [0.2, 0.25) is 5.91 Å². The number of hydrogen-bond donors (Lipinski definition) is 1. The summed E-state index contributed by atoms with van der Waals surface area (Å²) in [5.74, 6) is 0.0433. The van der Waals surface area contributed by atoms with Gasteiger partial charge < -0.3 is 10.2 Å². The lowest BCUT2D eigenvalue weighted by atomic mass is 10.0. The predicted octanol–water partition coefficient (Wildman–Crippen LogP) is 3.90. The summed E-state index contributed by atoms with van der Waals surface area (Å²) in [4.78, 5) is 14.5. The van der Waals surface area contributed by atoms with Crippen LogP contribution in [0.1, 0.15) is 56.2 Å². The minimum Gasteiger partial charge on any atom is -0.333 e. The molecule has 6 heteroatoms. The fraction of sp³-hybridized carbons (Fsp3) is 0.611. The van der Waals surface area contributed by atoms with Gasteiger partial charge in [-0.1, -0.05) is 12.1 Å². The van der Waals surface area contributed by atoms with Crippen molar-refractivity contribution < 1.29 is 18.0 Å². The van der Waals surface area contributed by atoms with Crippen molar-refractivity contribution in [3.05, 3.63) is 35.4 Å². The van der Waals surface area contributed by atoms with Gasteiger partial charge in [-0.2, -0.15) is 13.2 Å². The number of hydrogen-bond acceptors (Lipinski definition) is 2. The van der Waals surface area contributed by atoms with E-state index in [0.717, 1.165) is 38.3 Å². The molecule has 0 bridgehead atoms. The van der Waals surface area contributed by atoms with E-state index in [9.17, 15) is 18.0 Å². The molecular formula is C18H23F3N2O. The van der Waals surface area contributed by atoms with Crippen LogP contribution in [0.2, 0.25) is 0 Å². The fourth-order valence-corrected chi connectivity index (χ4v) is 3.47. The Balaban J connectivity index is 1.77. The highest BCUT2D eigenvalue weighted by Gasteiger charge is 2.38. The zero-order chi connectivity index (χ0) is 17.3. The third-order valence-corrected chi connectivity index (χ3v) is 4.93. The number of rotatable bonds is 5. The van der Waals surface area contributed by atoms with Gasteiger partial charge in [-0.25, -0.2) is 0 Å². The largest absolute Gasteiger partial charge is 0.416 e. The molecule has 1 N–H and O–H groups in total. The molecule has 1 amide bonds. The molecule has 1 aromatic carbocycles. The van der Waals surface area contributed by atoms with Gasteiger partial charge in [-0.05, 0) is 56.8 Å². The van der Waals surface area contributed by atoms with Crippen molar-refractivity contribution in [1.29, 1.82) is 0 Å². The van der Waals surface area contributed by atoms with Gasteiger partial charge >= 0.3 is 6.18 Å². The maximum absolute atomic E-state index is 12.9.